The van der Waals surface area contributed by atoms with Gasteiger partial charge in [-0.3, -0.25) is 0 Å². The van der Waals surface area contributed by atoms with Gasteiger partial charge >= 0.3 is 0 Å². The predicted molar refractivity (Wildman–Crippen MR) is 138 cm³/mol. The molecule has 1 unspecified atom stereocenters. The largest absolute Gasteiger partial charge is 0.243 e. The lowest BCUT2D eigenvalue weighted by Crippen LogP contribution is -2.35. The highest BCUT2D eigenvalue weighted by Gasteiger charge is 2.43. The summed E-state index contributed by atoms with van der Waals surface area (Å²) in [6.45, 7) is 4.16. The van der Waals surface area contributed by atoms with E-state index in [9.17, 15) is 16.8 Å². The third-order valence-corrected chi connectivity index (χ3v) is 10.7. The molecule has 3 aromatic carbocycles. The van der Waals surface area contributed by atoms with Crippen LogP contribution in [-0.4, -0.2) is 34.2 Å². The van der Waals surface area contributed by atoms with Crippen molar-refractivity contribution >= 4 is 25.4 Å². The van der Waals surface area contributed by atoms with E-state index in [1.807, 2.05) is 44.2 Å². The van der Waals surface area contributed by atoms with Gasteiger partial charge < -0.3 is 0 Å². The Balaban J connectivity index is 1.66. The van der Waals surface area contributed by atoms with E-state index < -0.39 is 19.9 Å². The standard InChI is InChI=1S/C28H27NO4S2/c1-20-13-15-24(16-14-20)35(32,33)29-18-17-26(34(30,31)23-11-7-4-8-12-23)28-21(2)27(25(28)19-29)22-9-5-3-6-10-22/h3-16,21H,17-19H2,1-2H3. The van der Waals surface area contributed by atoms with Crippen molar-refractivity contribution in [2.24, 2.45) is 5.92 Å². The molecule has 1 atom stereocenters. The molecule has 7 heteroatoms. The molecule has 0 bridgehead atoms. The van der Waals surface area contributed by atoms with Gasteiger partial charge in [0.05, 0.1) is 14.7 Å². The van der Waals surface area contributed by atoms with Crippen LogP contribution in [-0.2, 0) is 19.9 Å². The van der Waals surface area contributed by atoms with Crippen molar-refractivity contribution in [3.05, 3.63) is 112 Å². The van der Waals surface area contributed by atoms with E-state index in [2.05, 4.69) is 0 Å². The second kappa shape index (κ2) is 8.90. The van der Waals surface area contributed by atoms with Crippen molar-refractivity contribution < 1.29 is 16.8 Å². The summed E-state index contributed by atoms with van der Waals surface area (Å²) in [5.41, 5.74) is 4.53. The van der Waals surface area contributed by atoms with Gasteiger partial charge in [0.15, 0.2) is 0 Å². The lowest BCUT2D eigenvalue weighted by atomic mass is 9.70. The molecule has 2 aliphatic rings. The third kappa shape index (κ3) is 4.07. The number of nitrogens with zero attached hydrogens (tertiary/aromatic N) is 1. The van der Waals surface area contributed by atoms with Crippen molar-refractivity contribution in [3.8, 4) is 0 Å². The zero-order valence-electron chi connectivity index (χ0n) is 19.7. The van der Waals surface area contributed by atoms with Gasteiger partial charge in [0.1, 0.15) is 0 Å². The number of hydrogen-bond donors (Lipinski definition) is 0. The summed E-state index contributed by atoms with van der Waals surface area (Å²) in [7, 11) is -7.57. The maximum absolute atomic E-state index is 13.7. The predicted octanol–water partition coefficient (Wildman–Crippen LogP) is 5.22. The molecule has 0 radical (unpaired) electrons. The number of aryl methyl sites for hydroxylation is 1. The zero-order chi connectivity index (χ0) is 24.8. The minimum absolute atomic E-state index is 0.0966. The summed E-state index contributed by atoms with van der Waals surface area (Å²) in [5, 5.41) is 0. The van der Waals surface area contributed by atoms with Crippen molar-refractivity contribution in [1.82, 2.24) is 4.31 Å². The van der Waals surface area contributed by atoms with E-state index in [4.69, 9.17) is 0 Å². The first-order chi connectivity index (χ1) is 16.7. The van der Waals surface area contributed by atoms with E-state index in [0.717, 1.165) is 27.8 Å². The van der Waals surface area contributed by atoms with E-state index in [1.165, 1.54) is 4.31 Å². The maximum Gasteiger partial charge on any atom is 0.243 e. The Kier molecular flexibility index (Phi) is 6.03. The molecular formula is C28H27NO4S2. The van der Waals surface area contributed by atoms with Gasteiger partial charge in [0.2, 0.25) is 19.9 Å². The molecule has 0 saturated carbocycles. The first-order valence-corrected chi connectivity index (χ1v) is 14.5. The average molecular weight is 506 g/mol. The monoisotopic (exact) mass is 505 g/mol. The molecule has 1 heterocycles. The van der Waals surface area contributed by atoms with E-state index in [1.54, 1.807) is 54.6 Å². The highest BCUT2D eigenvalue weighted by Crippen LogP contribution is 2.51. The van der Waals surface area contributed by atoms with Crippen LogP contribution >= 0.6 is 0 Å². The summed E-state index contributed by atoms with van der Waals surface area (Å²) in [4.78, 5) is 0.776. The molecule has 5 nitrogen and oxygen atoms in total. The molecule has 0 spiro atoms. The molecule has 0 saturated heterocycles. The van der Waals surface area contributed by atoms with Crippen molar-refractivity contribution in [2.45, 2.75) is 30.1 Å². The van der Waals surface area contributed by atoms with Crippen LogP contribution in [0.2, 0.25) is 0 Å². The van der Waals surface area contributed by atoms with Gasteiger partial charge in [-0.2, -0.15) is 4.31 Å². The Morgan fingerprint density at radius 1 is 0.743 bits per heavy atom. The lowest BCUT2D eigenvalue weighted by Gasteiger charge is -2.37. The number of fused-ring (bicyclic) bond motifs is 1. The fraction of sp³-hybridized carbons (Fsp3) is 0.214. The Bertz CT molecular complexity index is 1540. The average Bonchev–Trinajstić information content (AvgIpc) is 3.04. The third-order valence-electron chi connectivity index (χ3n) is 6.86. The molecule has 5 rings (SSSR count). The summed E-state index contributed by atoms with van der Waals surface area (Å²) < 4.78 is 56.1. The minimum atomic E-state index is -3.80. The minimum Gasteiger partial charge on any atom is -0.219 e. The fourth-order valence-corrected chi connectivity index (χ4v) is 8.22. The van der Waals surface area contributed by atoms with Gasteiger partial charge in [-0.05, 0) is 59.9 Å². The molecule has 3 aromatic rings. The Morgan fingerprint density at radius 2 is 1.34 bits per heavy atom. The van der Waals surface area contributed by atoms with Crippen molar-refractivity contribution in [3.63, 3.8) is 0 Å². The fourth-order valence-electron chi connectivity index (χ4n) is 5.06. The highest BCUT2D eigenvalue weighted by molar-refractivity contribution is 7.95. The number of rotatable bonds is 5. The van der Waals surface area contributed by atoms with E-state index in [0.29, 0.717) is 4.91 Å². The van der Waals surface area contributed by atoms with Crippen LogP contribution in [0.3, 0.4) is 0 Å². The zero-order valence-corrected chi connectivity index (χ0v) is 21.3. The van der Waals surface area contributed by atoms with Crippen LogP contribution in [0, 0.1) is 12.8 Å². The Labute approximate surface area is 207 Å². The van der Waals surface area contributed by atoms with Crippen LogP contribution in [0.4, 0.5) is 0 Å². The smallest absolute Gasteiger partial charge is 0.219 e. The molecule has 180 valence electrons. The SMILES string of the molecule is Cc1ccc(S(=O)(=O)N2CCC(S(=O)(=O)c3ccccc3)=C3C(=C(c4ccccc4)C3C)C2)cc1. The normalized spacial score (nSPS) is 19.2. The Morgan fingerprint density at radius 3 is 1.97 bits per heavy atom. The summed E-state index contributed by atoms with van der Waals surface area (Å²) in [6.07, 6.45) is 0.133. The number of sulfone groups is 1. The number of allylic oxidation sites excluding steroid dienone is 1. The highest BCUT2D eigenvalue weighted by atomic mass is 32.2. The molecule has 1 aliphatic heterocycles. The number of hydrogen-bond acceptors (Lipinski definition) is 4. The quantitative estimate of drug-likeness (QED) is 0.477. The molecule has 1 aliphatic carbocycles. The van der Waals surface area contributed by atoms with E-state index in [-0.39, 0.29) is 35.2 Å². The number of benzene rings is 3. The summed E-state index contributed by atoms with van der Waals surface area (Å²) >= 11 is 0. The second-order valence-corrected chi connectivity index (χ2v) is 12.9. The molecule has 35 heavy (non-hydrogen) atoms. The first kappa shape index (κ1) is 23.7. The van der Waals surface area contributed by atoms with Crippen LogP contribution in [0.1, 0.15) is 24.5 Å². The second-order valence-electron chi connectivity index (χ2n) is 9.03. The summed E-state index contributed by atoms with van der Waals surface area (Å²) in [6, 6.07) is 25.0. The van der Waals surface area contributed by atoms with Crippen LogP contribution in [0.15, 0.2) is 111 Å². The van der Waals surface area contributed by atoms with Crippen molar-refractivity contribution in [1.29, 1.82) is 0 Å². The topological polar surface area (TPSA) is 71.5 Å². The van der Waals surface area contributed by atoms with Gasteiger partial charge in [0, 0.05) is 19.0 Å². The van der Waals surface area contributed by atoms with E-state index >= 15 is 0 Å². The maximum atomic E-state index is 13.7. The molecule has 0 fully saturated rings. The van der Waals surface area contributed by atoms with Crippen molar-refractivity contribution in [2.75, 3.05) is 13.1 Å². The first-order valence-electron chi connectivity index (χ1n) is 11.6. The Hall–Kier alpha value is -3.00. The van der Waals surface area contributed by atoms with Gasteiger partial charge in [-0.1, -0.05) is 73.2 Å². The van der Waals surface area contributed by atoms with Crippen LogP contribution < -0.4 is 0 Å². The van der Waals surface area contributed by atoms with Crippen LogP contribution in [0.25, 0.3) is 5.57 Å². The molecule has 0 N–H and O–H groups in total. The number of sulfonamides is 1. The van der Waals surface area contributed by atoms with Gasteiger partial charge in [0.25, 0.3) is 0 Å². The molecule has 0 aromatic heterocycles. The summed E-state index contributed by atoms with van der Waals surface area (Å²) in [5.74, 6) is -0.108. The lowest BCUT2D eigenvalue weighted by molar-refractivity contribution is 0.443. The molecular weight excluding hydrogens is 478 g/mol. The van der Waals surface area contributed by atoms with Gasteiger partial charge in [-0.15, -0.1) is 0 Å². The van der Waals surface area contributed by atoms with Gasteiger partial charge in [-0.25, -0.2) is 16.8 Å². The molecule has 0 amide bonds. The van der Waals surface area contributed by atoms with Crippen LogP contribution in [0.5, 0.6) is 0 Å².